The van der Waals surface area contributed by atoms with Gasteiger partial charge in [-0.15, -0.1) is 0 Å². The van der Waals surface area contributed by atoms with Gasteiger partial charge in [-0.25, -0.2) is 0 Å². The van der Waals surface area contributed by atoms with Crippen LogP contribution < -0.4 is 11.7 Å². The molecule has 0 aromatic rings. The van der Waals surface area contributed by atoms with Crippen LogP contribution in [0.5, 0.6) is 0 Å². The number of allylic oxidation sites excluding steroid dienone is 2. The highest BCUT2D eigenvalue weighted by Crippen LogP contribution is 2.64. The molecule has 0 saturated heterocycles. The van der Waals surface area contributed by atoms with Crippen molar-refractivity contribution in [2.24, 2.45) is 50.5 Å². The van der Waals surface area contributed by atoms with Gasteiger partial charge in [-0.2, -0.15) is 10.2 Å². The van der Waals surface area contributed by atoms with Gasteiger partial charge in [-0.1, -0.05) is 19.4 Å². The van der Waals surface area contributed by atoms with Gasteiger partial charge >= 0.3 is 0 Å². The maximum atomic E-state index is 5.71. The average molecular weight is 314 g/mol. The third-order valence-corrected chi connectivity index (χ3v) is 8.04. The molecule has 0 heterocycles. The van der Waals surface area contributed by atoms with E-state index in [1.807, 2.05) is 0 Å². The minimum Gasteiger partial charge on any atom is -0.323 e. The van der Waals surface area contributed by atoms with Crippen LogP contribution in [0.4, 0.5) is 0 Å². The van der Waals surface area contributed by atoms with E-state index in [1.165, 1.54) is 44.2 Å². The number of nitrogens with two attached hydrogens (primary N) is 2. The van der Waals surface area contributed by atoms with Gasteiger partial charge < -0.3 is 11.7 Å². The first kappa shape index (κ1) is 15.2. The lowest BCUT2D eigenvalue weighted by atomic mass is 9.47. The van der Waals surface area contributed by atoms with E-state index in [-0.39, 0.29) is 5.41 Å². The highest BCUT2D eigenvalue weighted by atomic mass is 15.1. The molecule has 3 saturated carbocycles. The molecule has 0 spiro atoms. The summed E-state index contributed by atoms with van der Waals surface area (Å²) in [5, 5.41) is 8.15. The average Bonchev–Trinajstić information content (AvgIpc) is 2.90. The lowest BCUT2D eigenvalue weighted by Gasteiger charge is -2.57. The summed E-state index contributed by atoms with van der Waals surface area (Å²) in [5.41, 5.74) is 4.62. The zero-order valence-electron chi connectivity index (χ0n) is 14.5. The van der Waals surface area contributed by atoms with E-state index in [0.717, 1.165) is 36.3 Å². The van der Waals surface area contributed by atoms with Crippen LogP contribution in [0.25, 0.3) is 0 Å². The summed E-state index contributed by atoms with van der Waals surface area (Å²) in [6.07, 6.45) is 12.1. The van der Waals surface area contributed by atoms with Gasteiger partial charge in [0.2, 0.25) is 0 Å². The Balaban J connectivity index is 1.68. The minimum absolute atomic E-state index is 0.270. The van der Waals surface area contributed by atoms with E-state index >= 15 is 0 Å². The first-order valence-corrected chi connectivity index (χ1v) is 9.28. The van der Waals surface area contributed by atoms with Crippen LogP contribution in [0, 0.1) is 28.6 Å². The fraction of sp³-hybridized carbons (Fsp3) is 0.789. The molecule has 0 aromatic carbocycles. The van der Waals surface area contributed by atoms with Crippen molar-refractivity contribution in [3.63, 3.8) is 0 Å². The van der Waals surface area contributed by atoms with E-state index in [0.29, 0.717) is 5.41 Å². The van der Waals surface area contributed by atoms with Gasteiger partial charge in [0, 0.05) is 11.1 Å². The smallest absolute Gasteiger partial charge is 0.0600 e. The van der Waals surface area contributed by atoms with Crippen LogP contribution in [0.2, 0.25) is 0 Å². The molecule has 3 fully saturated rings. The van der Waals surface area contributed by atoms with Gasteiger partial charge in [0.05, 0.1) is 5.71 Å². The Labute approximate surface area is 139 Å². The molecule has 0 aromatic heterocycles. The Morgan fingerprint density at radius 3 is 2.43 bits per heavy atom. The van der Waals surface area contributed by atoms with Crippen molar-refractivity contribution >= 4 is 11.4 Å². The van der Waals surface area contributed by atoms with Crippen molar-refractivity contribution in [3.05, 3.63) is 11.6 Å². The van der Waals surface area contributed by atoms with Crippen LogP contribution in [-0.2, 0) is 0 Å². The van der Waals surface area contributed by atoms with Gasteiger partial charge in [-0.05, 0) is 80.6 Å². The van der Waals surface area contributed by atoms with Crippen LogP contribution >= 0.6 is 0 Å². The molecule has 4 rings (SSSR count). The third-order valence-electron chi connectivity index (χ3n) is 8.04. The fourth-order valence-electron chi connectivity index (χ4n) is 6.67. The third kappa shape index (κ3) is 1.96. The highest BCUT2D eigenvalue weighted by molar-refractivity contribution is 5.96. The number of rotatable bonds is 0. The Kier molecular flexibility index (Phi) is 3.37. The molecule has 0 amide bonds. The second-order valence-electron chi connectivity index (χ2n) is 8.69. The van der Waals surface area contributed by atoms with Crippen LogP contribution in [0.15, 0.2) is 21.9 Å². The van der Waals surface area contributed by atoms with Crippen molar-refractivity contribution in [3.8, 4) is 0 Å². The Morgan fingerprint density at radius 2 is 1.70 bits per heavy atom. The number of hydrogen-bond acceptors (Lipinski definition) is 4. The molecule has 4 N–H and O–H groups in total. The minimum atomic E-state index is 0.270. The van der Waals surface area contributed by atoms with Gasteiger partial charge in [0.15, 0.2) is 0 Å². The van der Waals surface area contributed by atoms with E-state index < -0.39 is 0 Å². The van der Waals surface area contributed by atoms with Gasteiger partial charge in [-0.3, -0.25) is 0 Å². The molecule has 5 atom stereocenters. The fourth-order valence-corrected chi connectivity index (χ4v) is 6.67. The van der Waals surface area contributed by atoms with Crippen molar-refractivity contribution in [2.75, 3.05) is 0 Å². The normalized spacial score (nSPS) is 49.5. The maximum absolute atomic E-state index is 5.71. The second-order valence-corrected chi connectivity index (χ2v) is 8.69. The molecule has 23 heavy (non-hydrogen) atoms. The highest BCUT2D eigenvalue weighted by Gasteiger charge is 2.58. The largest absolute Gasteiger partial charge is 0.323 e. The van der Waals surface area contributed by atoms with E-state index in [4.69, 9.17) is 11.7 Å². The Morgan fingerprint density at radius 1 is 0.913 bits per heavy atom. The molecular weight excluding hydrogens is 284 g/mol. The maximum Gasteiger partial charge on any atom is 0.0600 e. The van der Waals surface area contributed by atoms with Crippen LogP contribution in [0.3, 0.4) is 0 Å². The molecule has 4 aliphatic carbocycles. The lowest BCUT2D eigenvalue weighted by Crippen LogP contribution is -2.50. The SMILES string of the molecule is C[C@]12CC/C(=N\N)C=C1CC[C@@H]1[C@@H]2CC[C@]2(C)/C(=N/N)CC[C@@H]12. The summed E-state index contributed by atoms with van der Waals surface area (Å²) in [7, 11) is 0. The molecule has 126 valence electrons. The van der Waals surface area contributed by atoms with E-state index in [1.54, 1.807) is 5.57 Å². The molecule has 0 unspecified atom stereocenters. The summed E-state index contributed by atoms with van der Waals surface area (Å²) < 4.78 is 0. The first-order valence-electron chi connectivity index (χ1n) is 9.28. The summed E-state index contributed by atoms with van der Waals surface area (Å²) in [4.78, 5) is 0. The van der Waals surface area contributed by atoms with Gasteiger partial charge in [0.1, 0.15) is 0 Å². The molecule has 0 aliphatic heterocycles. The number of hydrogen-bond donors (Lipinski definition) is 2. The molecule has 0 bridgehead atoms. The van der Waals surface area contributed by atoms with Crippen molar-refractivity contribution in [2.45, 2.75) is 65.2 Å². The second kappa shape index (κ2) is 5.09. The number of nitrogens with zero attached hydrogens (tertiary/aromatic N) is 2. The van der Waals surface area contributed by atoms with Crippen LogP contribution in [0.1, 0.15) is 65.2 Å². The first-order chi connectivity index (χ1) is 11.0. The van der Waals surface area contributed by atoms with E-state index in [2.05, 4.69) is 30.1 Å². The Hall–Kier alpha value is -1.32. The Bertz CT molecular complexity index is 604. The van der Waals surface area contributed by atoms with Gasteiger partial charge in [0.25, 0.3) is 0 Å². The molecular formula is C19H30N4. The quantitative estimate of drug-likeness (QED) is 0.529. The number of fused-ring (bicyclic) bond motifs is 5. The topological polar surface area (TPSA) is 76.8 Å². The van der Waals surface area contributed by atoms with Crippen molar-refractivity contribution in [1.82, 2.24) is 0 Å². The lowest BCUT2D eigenvalue weighted by molar-refractivity contribution is -0.0154. The molecule has 4 aliphatic rings. The molecule has 0 radical (unpaired) electrons. The molecule has 4 nitrogen and oxygen atoms in total. The zero-order chi connectivity index (χ0) is 16.2. The number of hydrazone groups is 2. The van der Waals surface area contributed by atoms with E-state index in [9.17, 15) is 0 Å². The van der Waals surface area contributed by atoms with Crippen LogP contribution in [-0.4, -0.2) is 11.4 Å². The summed E-state index contributed by atoms with van der Waals surface area (Å²) >= 11 is 0. The van der Waals surface area contributed by atoms with Crippen molar-refractivity contribution in [1.29, 1.82) is 0 Å². The van der Waals surface area contributed by atoms with Crippen molar-refractivity contribution < 1.29 is 0 Å². The predicted octanol–water partition coefficient (Wildman–Crippen LogP) is 3.58. The summed E-state index contributed by atoms with van der Waals surface area (Å²) in [5.74, 6) is 13.7. The summed E-state index contributed by atoms with van der Waals surface area (Å²) in [6.45, 7) is 4.94. The molecule has 4 heteroatoms. The predicted molar refractivity (Wildman–Crippen MR) is 94.9 cm³/mol. The monoisotopic (exact) mass is 314 g/mol. The zero-order valence-corrected chi connectivity index (χ0v) is 14.5. The summed E-state index contributed by atoms with van der Waals surface area (Å²) in [6, 6.07) is 0. The standard InChI is InChI=1S/C19H30N4/c1-18-9-7-13(22-20)11-12(18)3-4-14-15-5-6-17(23-21)19(15,2)10-8-16(14)18/h11,14-16H,3-10,20-21H2,1-2H3/b22-13+,23-17+/t14-,15-,16-,18-,19-/m0/s1.